The van der Waals surface area contributed by atoms with Crippen molar-refractivity contribution in [2.75, 3.05) is 17.0 Å². The van der Waals surface area contributed by atoms with Gasteiger partial charge in [-0.15, -0.1) is 11.8 Å². The Labute approximate surface area is 95.2 Å². The second kappa shape index (κ2) is 5.02. The van der Waals surface area contributed by atoms with Crippen molar-refractivity contribution in [3.05, 3.63) is 0 Å². The number of alkyl halides is 1. The van der Waals surface area contributed by atoms with E-state index in [4.69, 9.17) is 5.11 Å². The molecule has 1 saturated heterocycles. The van der Waals surface area contributed by atoms with Gasteiger partial charge in [-0.05, 0) is 0 Å². The lowest BCUT2D eigenvalue weighted by atomic mass is 10.1. The topological polar surface area (TPSA) is 57.6 Å². The summed E-state index contributed by atoms with van der Waals surface area (Å²) in [5.74, 6) is -0.164. The highest BCUT2D eigenvalue weighted by molar-refractivity contribution is 9.09. The van der Waals surface area contributed by atoms with Crippen molar-refractivity contribution in [3.63, 3.8) is 0 Å². The first kappa shape index (κ1) is 11.8. The molecule has 2 atom stereocenters. The average Bonchev–Trinajstić information content (AvgIpc) is 2.63. The summed E-state index contributed by atoms with van der Waals surface area (Å²) < 4.78 is 0. The first-order valence-corrected chi connectivity index (χ1v) is 6.52. The molecule has 14 heavy (non-hydrogen) atoms. The van der Waals surface area contributed by atoms with E-state index in [0.717, 1.165) is 0 Å². The molecule has 4 nitrogen and oxygen atoms in total. The predicted octanol–water partition coefficient (Wildman–Crippen LogP) is 1.00. The molecule has 1 N–H and O–H groups in total. The van der Waals surface area contributed by atoms with Gasteiger partial charge in [-0.1, -0.05) is 22.9 Å². The van der Waals surface area contributed by atoms with Gasteiger partial charge in [-0.3, -0.25) is 4.79 Å². The SMILES string of the molecule is CC(CBr)C(=O)N1CSC[C@H]1C(=O)O. The van der Waals surface area contributed by atoms with Crippen molar-refractivity contribution in [1.29, 1.82) is 0 Å². The highest BCUT2D eigenvalue weighted by Crippen LogP contribution is 2.23. The van der Waals surface area contributed by atoms with Crippen molar-refractivity contribution in [3.8, 4) is 0 Å². The highest BCUT2D eigenvalue weighted by Gasteiger charge is 2.35. The minimum atomic E-state index is -0.912. The molecule has 1 amide bonds. The summed E-state index contributed by atoms with van der Waals surface area (Å²) in [7, 11) is 0. The van der Waals surface area contributed by atoms with E-state index in [1.54, 1.807) is 6.92 Å². The molecular weight excluding hydrogens is 270 g/mol. The number of carboxylic acid groups (broad SMARTS) is 1. The van der Waals surface area contributed by atoms with Crippen LogP contribution in [0.3, 0.4) is 0 Å². The molecule has 0 radical (unpaired) electrons. The molecule has 0 aromatic heterocycles. The van der Waals surface area contributed by atoms with Crippen molar-refractivity contribution in [2.45, 2.75) is 13.0 Å². The molecule has 0 bridgehead atoms. The normalized spacial score (nSPS) is 23.6. The van der Waals surface area contributed by atoms with Gasteiger partial charge >= 0.3 is 5.97 Å². The van der Waals surface area contributed by atoms with E-state index in [2.05, 4.69) is 15.9 Å². The van der Waals surface area contributed by atoms with Gasteiger partial charge in [0.25, 0.3) is 0 Å². The standard InChI is InChI=1S/C8H12BrNO3S/c1-5(2-9)7(11)10-4-14-3-6(10)8(12)13/h5-6H,2-4H2,1H3,(H,12,13)/t5?,6-/m0/s1. The summed E-state index contributed by atoms with van der Waals surface area (Å²) in [6, 6.07) is -0.644. The molecule has 6 heteroatoms. The summed E-state index contributed by atoms with van der Waals surface area (Å²) in [4.78, 5) is 24.0. The van der Waals surface area contributed by atoms with Gasteiger partial charge in [0.1, 0.15) is 6.04 Å². The lowest BCUT2D eigenvalue weighted by Crippen LogP contribution is -2.44. The lowest BCUT2D eigenvalue weighted by Gasteiger charge is -2.23. The Bertz CT molecular complexity index is 249. The summed E-state index contributed by atoms with van der Waals surface area (Å²) in [6.45, 7) is 1.79. The van der Waals surface area contributed by atoms with Crippen LogP contribution in [-0.2, 0) is 9.59 Å². The molecule has 0 spiro atoms. The minimum Gasteiger partial charge on any atom is -0.480 e. The van der Waals surface area contributed by atoms with E-state index in [1.165, 1.54) is 16.7 Å². The van der Waals surface area contributed by atoms with Crippen molar-refractivity contribution in [2.24, 2.45) is 5.92 Å². The van der Waals surface area contributed by atoms with Crippen molar-refractivity contribution < 1.29 is 14.7 Å². The Balaban J connectivity index is 2.67. The van der Waals surface area contributed by atoms with Crippen molar-refractivity contribution in [1.82, 2.24) is 4.90 Å². The van der Waals surface area contributed by atoms with Crippen LogP contribution in [0.5, 0.6) is 0 Å². The Hall–Kier alpha value is -0.230. The van der Waals surface area contributed by atoms with Gasteiger partial charge in [-0.25, -0.2) is 4.79 Å². The van der Waals surface area contributed by atoms with Crippen LogP contribution in [0.2, 0.25) is 0 Å². The smallest absolute Gasteiger partial charge is 0.327 e. The van der Waals surface area contributed by atoms with E-state index in [-0.39, 0.29) is 11.8 Å². The molecule has 0 saturated carbocycles. The van der Waals surface area contributed by atoms with Gasteiger partial charge in [0.15, 0.2) is 0 Å². The molecule has 1 aliphatic rings. The van der Waals surface area contributed by atoms with E-state index < -0.39 is 12.0 Å². The monoisotopic (exact) mass is 281 g/mol. The molecule has 80 valence electrons. The van der Waals surface area contributed by atoms with E-state index in [1.807, 2.05) is 0 Å². The zero-order valence-corrected chi connectivity index (χ0v) is 10.2. The fraction of sp³-hybridized carbons (Fsp3) is 0.750. The second-order valence-electron chi connectivity index (χ2n) is 3.22. The van der Waals surface area contributed by atoms with Gasteiger partial charge in [-0.2, -0.15) is 0 Å². The van der Waals surface area contributed by atoms with Crippen LogP contribution in [0.4, 0.5) is 0 Å². The molecule has 0 aromatic carbocycles. The summed E-state index contributed by atoms with van der Waals surface area (Å²) in [5.41, 5.74) is 0. The van der Waals surface area contributed by atoms with Gasteiger partial charge in [0.2, 0.25) is 5.91 Å². The largest absolute Gasteiger partial charge is 0.480 e. The van der Waals surface area contributed by atoms with Crippen LogP contribution in [0.1, 0.15) is 6.92 Å². The summed E-state index contributed by atoms with van der Waals surface area (Å²) >= 11 is 4.70. The van der Waals surface area contributed by atoms with Crippen LogP contribution in [0.15, 0.2) is 0 Å². The molecular formula is C8H12BrNO3S. The fourth-order valence-electron chi connectivity index (χ4n) is 1.21. The molecule has 1 unspecified atom stereocenters. The molecule has 1 fully saturated rings. The third-order valence-corrected chi connectivity index (χ3v) is 4.09. The number of thioether (sulfide) groups is 1. The van der Waals surface area contributed by atoms with Crippen LogP contribution < -0.4 is 0 Å². The minimum absolute atomic E-state index is 0.0840. The number of hydrogen-bond donors (Lipinski definition) is 1. The number of hydrogen-bond acceptors (Lipinski definition) is 3. The van der Waals surface area contributed by atoms with Gasteiger partial charge in [0.05, 0.1) is 5.88 Å². The number of carbonyl (C=O) groups excluding carboxylic acids is 1. The zero-order valence-electron chi connectivity index (χ0n) is 7.77. The first-order valence-electron chi connectivity index (χ1n) is 4.25. The van der Waals surface area contributed by atoms with Crippen LogP contribution >= 0.6 is 27.7 Å². The zero-order chi connectivity index (χ0) is 10.7. The quantitative estimate of drug-likeness (QED) is 0.785. The highest BCUT2D eigenvalue weighted by atomic mass is 79.9. The van der Waals surface area contributed by atoms with Crippen LogP contribution in [-0.4, -0.2) is 44.9 Å². The Morgan fingerprint density at radius 1 is 1.71 bits per heavy atom. The lowest BCUT2D eigenvalue weighted by molar-refractivity contribution is -0.148. The molecule has 0 aliphatic carbocycles. The molecule has 1 rings (SSSR count). The Morgan fingerprint density at radius 2 is 2.36 bits per heavy atom. The van der Waals surface area contributed by atoms with Crippen LogP contribution in [0, 0.1) is 5.92 Å². The van der Waals surface area contributed by atoms with Crippen LogP contribution in [0.25, 0.3) is 0 Å². The molecule has 0 aromatic rings. The number of carboxylic acids is 1. The molecule has 1 heterocycles. The fourth-order valence-corrected chi connectivity index (χ4v) is 2.65. The number of aliphatic carboxylic acids is 1. The predicted molar refractivity (Wildman–Crippen MR) is 58.6 cm³/mol. The van der Waals surface area contributed by atoms with Crippen molar-refractivity contribution >= 4 is 39.6 Å². The first-order chi connectivity index (χ1) is 6.57. The maximum atomic E-state index is 11.7. The number of amides is 1. The number of rotatable bonds is 3. The summed E-state index contributed by atoms with van der Waals surface area (Å²) in [6.07, 6.45) is 0. The van der Waals surface area contributed by atoms with Gasteiger partial charge < -0.3 is 10.0 Å². The second-order valence-corrected chi connectivity index (χ2v) is 4.86. The third kappa shape index (κ3) is 2.42. The van der Waals surface area contributed by atoms with E-state index in [0.29, 0.717) is 17.0 Å². The number of nitrogens with zero attached hydrogens (tertiary/aromatic N) is 1. The van der Waals surface area contributed by atoms with E-state index in [9.17, 15) is 9.59 Å². The average molecular weight is 282 g/mol. The van der Waals surface area contributed by atoms with E-state index >= 15 is 0 Å². The Morgan fingerprint density at radius 3 is 2.86 bits per heavy atom. The Kier molecular flexibility index (Phi) is 4.25. The maximum Gasteiger partial charge on any atom is 0.327 e. The van der Waals surface area contributed by atoms with Gasteiger partial charge in [0, 0.05) is 17.0 Å². The summed E-state index contributed by atoms with van der Waals surface area (Å²) in [5, 5.41) is 9.44. The molecule has 1 aliphatic heterocycles. The maximum absolute atomic E-state index is 11.7. The number of carbonyl (C=O) groups is 2. The third-order valence-electron chi connectivity index (χ3n) is 2.10. The number of halogens is 1.